The van der Waals surface area contributed by atoms with Gasteiger partial charge in [-0.15, -0.1) is 4.91 Å². The zero-order valence-corrected chi connectivity index (χ0v) is 17.0. The molecular formula is C25H26N2O2. The summed E-state index contributed by atoms with van der Waals surface area (Å²) in [5.41, 5.74) is 0.357. The molecule has 4 nitrogen and oxygen atoms in total. The third-order valence-electron chi connectivity index (χ3n) is 5.36. The van der Waals surface area contributed by atoms with Gasteiger partial charge < -0.3 is 5.32 Å². The van der Waals surface area contributed by atoms with Crippen molar-refractivity contribution < 1.29 is 4.79 Å². The van der Waals surface area contributed by atoms with Crippen LogP contribution in [0.25, 0.3) is 0 Å². The van der Waals surface area contributed by atoms with E-state index in [1.165, 1.54) is 0 Å². The van der Waals surface area contributed by atoms with Gasteiger partial charge in [-0.2, -0.15) is 0 Å². The van der Waals surface area contributed by atoms with Crippen LogP contribution in [0.3, 0.4) is 0 Å². The molecule has 0 saturated heterocycles. The Labute approximate surface area is 172 Å². The fourth-order valence-electron chi connectivity index (χ4n) is 3.85. The molecule has 0 heterocycles. The molecule has 3 aromatic rings. The monoisotopic (exact) mass is 386 g/mol. The molecule has 0 radical (unpaired) electrons. The molecule has 2 atom stereocenters. The van der Waals surface area contributed by atoms with E-state index in [0.717, 1.165) is 11.1 Å². The Balaban J connectivity index is 2.19. The zero-order valence-electron chi connectivity index (χ0n) is 17.0. The SMILES string of the molecule is CC(C)(C)C(N=O)(c1ccccc1)C(NC(=O)c1ccccc1)c1ccccc1. The minimum Gasteiger partial charge on any atom is -0.342 e. The van der Waals surface area contributed by atoms with Gasteiger partial charge in [0.1, 0.15) is 0 Å². The van der Waals surface area contributed by atoms with Crippen LogP contribution in [-0.4, -0.2) is 5.91 Å². The molecule has 0 aromatic heterocycles. The molecular weight excluding hydrogens is 360 g/mol. The number of nitrogens with zero attached hydrogens (tertiary/aromatic N) is 1. The van der Waals surface area contributed by atoms with E-state index < -0.39 is 17.0 Å². The van der Waals surface area contributed by atoms with E-state index in [4.69, 9.17) is 0 Å². The fourth-order valence-corrected chi connectivity index (χ4v) is 3.85. The van der Waals surface area contributed by atoms with Crippen molar-refractivity contribution in [2.45, 2.75) is 32.4 Å². The van der Waals surface area contributed by atoms with Gasteiger partial charge in [0.15, 0.2) is 5.54 Å². The highest BCUT2D eigenvalue weighted by molar-refractivity contribution is 5.94. The predicted octanol–water partition coefficient (Wildman–Crippen LogP) is 5.87. The summed E-state index contributed by atoms with van der Waals surface area (Å²) in [6.07, 6.45) is 0. The fraction of sp³-hybridized carbons (Fsp3) is 0.240. The second-order valence-corrected chi connectivity index (χ2v) is 8.16. The van der Waals surface area contributed by atoms with Gasteiger partial charge in [-0.25, -0.2) is 0 Å². The van der Waals surface area contributed by atoms with Crippen LogP contribution in [0.15, 0.2) is 96.2 Å². The summed E-state index contributed by atoms with van der Waals surface area (Å²) in [5.74, 6) is -0.243. The Morgan fingerprint density at radius 3 is 1.76 bits per heavy atom. The smallest absolute Gasteiger partial charge is 0.251 e. The number of rotatable bonds is 6. The zero-order chi connectivity index (χ0) is 20.9. The van der Waals surface area contributed by atoms with Crippen molar-refractivity contribution in [3.63, 3.8) is 0 Å². The molecule has 3 rings (SSSR count). The summed E-state index contributed by atoms with van der Waals surface area (Å²) in [6, 6.07) is 27.4. The van der Waals surface area contributed by atoms with E-state index in [9.17, 15) is 9.70 Å². The lowest BCUT2D eigenvalue weighted by Crippen LogP contribution is -2.50. The van der Waals surface area contributed by atoms with Crippen LogP contribution in [0.5, 0.6) is 0 Å². The molecule has 3 aromatic carbocycles. The van der Waals surface area contributed by atoms with E-state index in [-0.39, 0.29) is 5.91 Å². The van der Waals surface area contributed by atoms with Gasteiger partial charge in [0, 0.05) is 5.56 Å². The number of amides is 1. The molecule has 0 aliphatic carbocycles. The van der Waals surface area contributed by atoms with E-state index in [1.54, 1.807) is 12.1 Å². The van der Waals surface area contributed by atoms with Crippen molar-refractivity contribution in [1.82, 2.24) is 5.32 Å². The lowest BCUT2D eigenvalue weighted by molar-refractivity contribution is 0.0830. The normalized spacial score (nSPS) is 14.4. The molecule has 29 heavy (non-hydrogen) atoms. The first kappa shape index (κ1) is 20.5. The Morgan fingerprint density at radius 2 is 1.28 bits per heavy atom. The van der Waals surface area contributed by atoms with Gasteiger partial charge >= 0.3 is 0 Å². The number of carbonyl (C=O) groups excluding carboxylic acids is 1. The summed E-state index contributed by atoms with van der Waals surface area (Å²) < 4.78 is 0. The van der Waals surface area contributed by atoms with Gasteiger partial charge in [0.05, 0.1) is 6.04 Å². The van der Waals surface area contributed by atoms with Crippen LogP contribution in [0.1, 0.15) is 48.3 Å². The molecule has 0 aliphatic heterocycles. The lowest BCUT2D eigenvalue weighted by Gasteiger charge is -2.45. The van der Waals surface area contributed by atoms with Crippen molar-refractivity contribution >= 4 is 5.91 Å². The van der Waals surface area contributed by atoms with Gasteiger partial charge in [-0.1, -0.05) is 105 Å². The minimum absolute atomic E-state index is 0.243. The second-order valence-electron chi connectivity index (χ2n) is 8.16. The highest BCUT2D eigenvalue weighted by atomic mass is 16.3. The van der Waals surface area contributed by atoms with E-state index in [1.807, 2.05) is 99.6 Å². The first-order chi connectivity index (χ1) is 13.9. The topological polar surface area (TPSA) is 58.5 Å². The maximum absolute atomic E-state index is 13.1. The summed E-state index contributed by atoms with van der Waals surface area (Å²) in [4.78, 5) is 25.7. The largest absolute Gasteiger partial charge is 0.342 e. The average Bonchev–Trinajstić information content (AvgIpc) is 2.75. The maximum Gasteiger partial charge on any atom is 0.251 e. The van der Waals surface area contributed by atoms with Crippen molar-refractivity contribution in [3.8, 4) is 0 Å². The van der Waals surface area contributed by atoms with Crippen LogP contribution >= 0.6 is 0 Å². The molecule has 0 saturated carbocycles. The Kier molecular flexibility index (Phi) is 5.92. The molecule has 148 valence electrons. The minimum atomic E-state index is -1.21. The van der Waals surface area contributed by atoms with Crippen molar-refractivity contribution in [1.29, 1.82) is 0 Å². The molecule has 0 fully saturated rings. The number of hydrogen-bond acceptors (Lipinski definition) is 3. The molecule has 0 spiro atoms. The molecule has 1 N–H and O–H groups in total. The molecule has 1 amide bonds. The van der Waals surface area contributed by atoms with Crippen molar-refractivity contribution in [2.75, 3.05) is 0 Å². The first-order valence-electron chi connectivity index (χ1n) is 9.71. The third-order valence-corrected chi connectivity index (χ3v) is 5.36. The van der Waals surface area contributed by atoms with Crippen LogP contribution < -0.4 is 5.32 Å². The summed E-state index contributed by atoms with van der Waals surface area (Å²) in [5, 5.41) is 6.83. The summed E-state index contributed by atoms with van der Waals surface area (Å²) in [6.45, 7) is 5.93. The number of nitroso groups, excluding NO2 is 1. The molecule has 4 heteroatoms. The summed E-state index contributed by atoms with van der Waals surface area (Å²) in [7, 11) is 0. The van der Waals surface area contributed by atoms with E-state index in [2.05, 4.69) is 10.5 Å². The molecule has 0 bridgehead atoms. The van der Waals surface area contributed by atoms with Gasteiger partial charge in [-0.3, -0.25) is 4.79 Å². The first-order valence-corrected chi connectivity index (χ1v) is 9.71. The van der Waals surface area contributed by atoms with Crippen LogP contribution in [0, 0.1) is 10.3 Å². The van der Waals surface area contributed by atoms with Gasteiger partial charge in [0.2, 0.25) is 0 Å². The van der Waals surface area contributed by atoms with E-state index in [0.29, 0.717) is 5.56 Å². The molecule has 0 aliphatic rings. The Morgan fingerprint density at radius 1 is 0.793 bits per heavy atom. The highest BCUT2D eigenvalue weighted by Crippen LogP contribution is 2.51. The average molecular weight is 386 g/mol. The number of benzene rings is 3. The summed E-state index contributed by atoms with van der Waals surface area (Å²) >= 11 is 0. The Hall–Kier alpha value is -3.27. The quantitative estimate of drug-likeness (QED) is 0.539. The van der Waals surface area contributed by atoms with Gasteiger partial charge in [-0.05, 0) is 28.7 Å². The van der Waals surface area contributed by atoms with Crippen LogP contribution in [0.2, 0.25) is 0 Å². The predicted molar refractivity (Wildman–Crippen MR) is 116 cm³/mol. The lowest BCUT2D eigenvalue weighted by atomic mass is 9.64. The number of carbonyl (C=O) groups is 1. The van der Waals surface area contributed by atoms with Crippen molar-refractivity contribution in [3.05, 3.63) is 113 Å². The molecule has 2 unspecified atom stereocenters. The van der Waals surface area contributed by atoms with E-state index >= 15 is 0 Å². The van der Waals surface area contributed by atoms with Crippen LogP contribution in [-0.2, 0) is 5.54 Å². The Bertz CT molecular complexity index is 950. The van der Waals surface area contributed by atoms with Crippen LogP contribution in [0.4, 0.5) is 0 Å². The van der Waals surface area contributed by atoms with Crippen molar-refractivity contribution in [2.24, 2.45) is 10.6 Å². The third kappa shape index (κ3) is 3.97. The number of hydrogen-bond donors (Lipinski definition) is 1. The second kappa shape index (κ2) is 8.39. The standard InChI is InChI=1S/C25H26N2O2/c1-24(2,3)25(27-29,21-17-11-6-12-18-21)22(19-13-7-4-8-14-19)26-23(28)20-15-9-5-10-16-20/h4-18,22H,1-3H3,(H,26,28). The number of nitrogens with one attached hydrogen (secondary N) is 1. The van der Waals surface area contributed by atoms with Gasteiger partial charge in [0.25, 0.3) is 5.91 Å². The highest BCUT2D eigenvalue weighted by Gasteiger charge is 2.53. The maximum atomic E-state index is 13.1.